The van der Waals surface area contributed by atoms with Crippen LogP contribution in [0.5, 0.6) is 0 Å². The Kier molecular flexibility index (Phi) is 7.50. The quantitative estimate of drug-likeness (QED) is 0.421. The average molecular weight is 451 g/mol. The van der Waals surface area contributed by atoms with E-state index in [1.807, 2.05) is 49.4 Å². The maximum absolute atomic E-state index is 13.6. The number of pyridine rings is 1. The van der Waals surface area contributed by atoms with Crippen LogP contribution < -0.4 is 5.43 Å². The van der Waals surface area contributed by atoms with Crippen LogP contribution in [-0.4, -0.2) is 36.4 Å². The highest BCUT2D eigenvalue weighted by atomic mass is 32.2. The van der Waals surface area contributed by atoms with Crippen molar-refractivity contribution in [2.45, 2.75) is 32.2 Å². The smallest absolute Gasteiger partial charge is 0.255 e. The van der Waals surface area contributed by atoms with E-state index in [0.29, 0.717) is 16.7 Å². The summed E-state index contributed by atoms with van der Waals surface area (Å²) in [4.78, 5) is 16.8. The van der Waals surface area contributed by atoms with Crippen LogP contribution in [0.4, 0.5) is 0 Å². The van der Waals surface area contributed by atoms with Crippen LogP contribution in [0.25, 0.3) is 0 Å². The van der Waals surface area contributed by atoms with Crippen LogP contribution >= 0.6 is 0 Å². The lowest BCUT2D eigenvalue weighted by molar-refractivity contribution is -0.121. The fourth-order valence-corrected chi connectivity index (χ4v) is 5.34. The third kappa shape index (κ3) is 5.87. The second-order valence-electron chi connectivity index (χ2n) is 7.57. The molecule has 0 saturated carbocycles. The number of aromatic nitrogens is 1. The topological polar surface area (TPSA) is 91.7 Å². The minimum atomic E-state index is -3.94. The molecule has 0 unspecified atom stereocenters. The normalized spacial score (nSPS) is 11.8. The van der Waals surface area contributed by atoms with E-state index in [9.17, 15) is 13.2 Å². The van der Waals surface area contributed by atoms with Crippen molar-refractivity contribution in [1.29, 1.82) is 0 Å². The van der Waals surface area contributed by atoms with Crippen LogP contribution in [0.1, 0.15) is 27.8 Å². The first-order chi connectivity index (χ1) is 15.3. The molecule has 0 aliphatic rings. The summed E-state index contributed by atoms with van der Waals surface area (Å²) in [7, 11) is -3.94. The molecule has 1 amide bonds. The van der Waals surface area contributed by atoms with Crippen molar-refractivity contribution in [3.63, 3.8) is 0 Å². The molecule has 0 spiro atoms. The predicted molar refractivity (Wildman–Crippen MR) is 125 cm³/mol. The second-order valence-corrected chi connectivity index (χ2v) is 9.44. The van der Waals surface area contributed by atoms with E-state index in [1.165, 1.54) is 10.5 Å². The third-order valence-corrected chi connectivity index (χ3v) is 6.91. The average Bonchev–Trinajstić information content (AvgIpc) is 2.74. The number of nitrogens with one attached hydrogen (secondary N) is 1. The Balaban J connectivity index is 1.87. The Morgan fingerprint density at radius 1 is 1.06 bits per heavy atom. The van der Waals surface area contributed by atoms with E-state index < -0.39 is 15.9 Å². The van der Waals surface area contributed by atoms with E-state index in [2.05, 4.69) is 15.5 Å². The summed E-state index contributed by atoms with van der Waals surface area (Å²) in [6.45, 7) is 5.16. The molecular weight excluding hydrogens is 424 g/mol. The molecule has 0 radical (unpaired) electrons. The van der Waals surface area contributed by atoms with Gasteiger partial charge in [-0.3, -0.25) is 9.78 Å². The first kappa shape index (κ1) is 23.3. The number of rotatable bonds is 8. The summed E-state index contributed by atoms with van der Waals surface area (Å²) in [5.41, 5.74) is 6.18. The van der Waals surface area contributed by atoms with Gasteiger partial charge in [-0.15, -0.1) is 0 Å². The number of carbonyl (C=O) groups is 1. The maximum atomic E-state index is 13.6. The van der Waals surface area contributed by atoms with Crippen molar-refractivity contribution >= 4 is 22.1 Å². The fourth-order valence-electron chi connectivity index (χ4n) is 3.54. The lowest BCUT2D eigenvalue weighted by Gasteiger charge is -2.24. The zero-order valence-corrected chi connectivity index (χ0v) is 19.1. The van der Waals surface area contributed by atoms with Gasteiger partial charge >= 0.3 is 0 Å². The molecule has 0 aliphatic carbocycles. The van der Waals surface area contributed by atoms with Crippen molar-refractivity contribution in [3.05, 3.63) is 94.8 Å². The predicted octanol–water partition coefficient (Wildman–Crippen LogP) is 3.35. The summed E-state index contributed by atoms with van der Waals surface area (Å²) < 4.78 is 28.4. The van der Waals surface area contributed by atoms with Crippen LogP contribution in [0.3, 0.4) is 0 Å². The molecule has 2 aromatic carbocycles. The largest absolute Gasteiger partial charge is 0.272 e. The number of hydrazone groups is 1. The Labute approximate surface area is 188 Å². The van der Waals surface area contributed by atoms with Crippen molar-refractivity contribution in [3.8, 4) is 0 Å². The van der Waals surface area contributed by atoms with E-state index in [1.54, 1.807) is 38.4 Å². The number of hydrogen-bond acceptors (Lipinski definition) is 5. The number of sulfonamides is 1. The van der Waals surface area contributed by atoms with Crippen LogP contribution in [0, 0.1) is 20.8 Å². The fraction of sp³-hybridized carbons (Fsp3) is 0.208. The Hall–Kier alpha value is -3.36. The van der Waals surface area contributed by atoms with E-state index in [0.717, 1.165) is 11.1 Å². The number of benzene rings is 2. The van der Waals surface area contributed by atoms with Crippen molar-refractivity contribution in [2.75, 3.05) is 6.54 Å². The third-order valence-electron chi connectivity index (χ3n) is 4.81. The molecule has 32 heavy (non-hydrogen) atoms. The van der Waals surface area contributed by atoms with Gasteiger partial charge in [0.25, 0.3) is 5.91 Å². The molecule has 3 rings (SSSR count). The van der Waals surface area contributed by atoms with Crippen LogP contribution in [0.2, 0.25) is 0 Å². The highest BCUT2D eigenvalue weighted by molar-refractivity contribution is 7.89. The first-order valence-corrected chi connectivity index (χ1v) is 11.6. The molecule has 7 nitrogen and oxygen atoms in total. The van der Waals surface area contributed by atoms with Gasteiger partial charge in [0.2, 0.25) is 10.0 Å². The zero-order valence-electron chi connectivity index (χ0n) is 18.3. The Morgan fingerprint density at radius 2 is 1.75 bits per heavy atom. The number of amides is 1. The molecule has 0 fully saturated rings. The number of carbonyl (C=O) groups excluding carboxylic acids is 1. The van der Waals surface area contributed by atoms with E-state index in [4.69, 9.17) is 0 Å². The lowest BCUT2D eigenvalue weighted by Crippen LogP contribution is -2.39. The van der Waals surface area contributed by atoms with Gasteiger partial charge in [-0.1, -0.05) is 54.1 Å². The summed E-state index contributed by atoms with van der Waals surface area (Å²) >= 11 is 0. The molecule has 1 heterocycles. The second kappa shape index (κ2) is 10.3. The first-order valence-electron chi connectivity index (χ1n) is 10.1. The molecule has 0 atom stereocenters. The standard InChI is InChI=1S/C24H26N4O3S/c1-18-12-19(2)24(20(3)13-18)32(30,31)28(16-21-8-5-4-6-9-21)17-23(29)27-26-15-22-10-7-11-25-14-22/h4-15H,16-17H2,1-3H3,(H,27,29)/b26-15-. The van der Waals surface area contributed by atoms with Crippen molar-refractivity contribution < 1.29 is 13.2 Å². The lowest BCUT2D eigenvalue weighted by atomic mass is 10.1. The SMILES string of the molecule is Cc1cc(C)c(S(=O)(=O)N(CC(=O)N/N=C\c2cccnc2)Cc2ccccc2)c(C)c1. The van der Waals surface area contributed by atoms with Gasteiger partial charge in [0.05, 0.1) is 17.7 Å². The van der Waals surface area contributed by atoms with Gasteiger partial charge in [0.15, 0.2) is 0 Å². The molecule has 0 saturated heterocycles. The van der Waals surface area contributed by atoms with Gasteiger partial charge < -0.3 is 0 Å². The molecule has 166 valence electrons. The molecule has 8 heteroatoms. The van der Waals surface area contributed by atoms with Crippen LogP contribution in [-0.2, 0) is 21.4 Å². The zero-order chi connectivity index (χ0) is 23.1. The molecule has 0 bridgehead atoms. The van der Waals surface area contributed by atoms with E-state index >= 15 is 0 Å². The maximum Gasteiger partial charge on any atom is 0.255 e. The molecule has 1 aromatic heterocycles. The minimum absolute atomic E-state index is 0.0651. The molecular formula is C24H26N4O3S. The summed E-state index contributed by atoms with van der Waals surface area (Å²) in [6, 6.07) is 16.4. The molecule has 1 N–H and O–H groups in total. The van der Waals surface area contributed by atoms with Gasteiger partial charge in [0.1, 0.15) is 0 Å². The number of aryl methyl sites for hydroxylation is 3. The van der Waals surface area contributed by atoms with E-state index in [-0.39, 0.29) is 18.0 Å². The Morgan fingerprint density at radius 3 is 2.38 bits per heavy atom. The van der Waals surface area contributed by atoms with Crippen LogP contribution in [0.15, 0.2) is 77.0 Å². The number of nitrogens with zero attached hydrogens (tertiary/aromatic N) is 3. The highest BCUT2D eigenvalue weighted by Gasteiger charge is 2.29. The Bertz CT molecular complexity index is 1190. The summed E-state index contributed by atoms with van der Waals surface area (Å²) in [5, 5.41) is 3.92. The molecule has 0 aliphatic heterocycles. The van der Waals surface area contributed by atoms with Gasteiger partial charge in [-0.25, -0.2) is 13.8 Å². The van der Waals surface area contributed by atoms with Crippen molar-refractivity contribution in [2.24, 2.45) is 5.10 Å². The monoisotopic (exact) mass is 450 g/mol. The molecule has 3 aromatic rings. The summed E-state index contributed by atoms with van der Waals surface area (Å²) in [6.07, 6.45) is 4.69. The van der Waals surface area contributed by atoms with Crippen molar-refractivity contribution in [1.82, 2.24) is 14.7 Å². The van der Waals surface area contributed by atoms with Gasteiger partial charge in [-0.2, -0.15) is 9.41 Å². The minimum Gasteiger partial charge on any atom is -0.272 e. The van der Waals surface area contributed by atoms with Gasteiger partial charge in [0, 0.05) is 24.5 Å². The van der Waals surface area contributed by atoms with Gasteiger partial charge in [-0.05, 0) is 43.5 Å². The highest BCUT2D eigenvalue weighted by Crippen LogP contribution is 2.26. The summed E-state index contributed by atoms with van der Waals surface area (Å²) in [5.74, 6) is -0.535. The number of hydrogen-bond donors (Lipinski definition) is 1.